The molecule has 0 spiro atoms. The van der Waals surface area contributed by atoms with Crippen LogP contribution in [0.4, 0.5) is 0 Å². The topological polar surface area (TPSA) is 60.4 Å². The van der Waals surface area contributed by atoms with Crippen LogP contribution >= 0.6 is 0 Å². The zero-order valence-corrected chi connectivity index (χ0v) is 21.3. The fourth-order valence-corrected chi connectivity index (χ4v) is 5.23. The molecule has 0 N–H and O–H groups in total. The lowest BCUT2D eigenvalue weighted by molar-refractivity contribution is 0.100. The zero-order valence-electron chi connectivity index (χ0n) is 21.3. The van der Waals surface area contributed by atoms with Gasteiger partial charge in [-0.3, -0.25) is 9.59 Å². The zero-order chi connectivity index (χ0) is 27.1. The largest absolute Gasteiger partial charge is 0.452 e. The van der Waals surface area contributed by atoms with E-state index < -0.39 is 0 Å². The summed E-state index contributed by atoms with van der Waals surface area (Å²) in [7, 11) is 0. The normalized spacial score (nSPS) is 11.2. The van der Waals surface area contributed by atoms with E-state index in [2.05, 4.69) is 0 Å². The van der Waals surface area contributed by atoms with Crippen molar-refractivity contribution in [3.05, 3.63) is 156 Å². The van der Waals surface area contributed by atoms with Gasteiger partial charge in [0.05, 0.1) is 0 Å². The third-order valence-corrected chi connectivity index (χ3v) is 7.11. The van der Waals surface area contributed by atoms with Gasteiger partial charge < -0.3 is 8.83 Å². The summed E-state index contributed by atoms with van der Waals surface area (Å²) < 4.78 is 12.7. The van der Waals surface area contributed by atoms with Crippen LogP contribution in [0.3, 0.4) is 0 Å². The second-order valence-electron chi connectivity index (χ2n) is 9.58. The van der Waals surface area contributed by atoms with Crippen molar-refractivity contribution < 1.29 is 18.4 Å². The van der Waals surface area contributed by atoms with E-state index in [0.717, 1.165) is 21.9 Å². The number of benzene rings is 5. The third-order valence-electron chi connectivity index (χ3n) is 7.11. The highest BCUT2D eigenvalue weighted by Gasteiger charge is 2.27. The van der Waals surface area contributed by atoms with E-state index in [1.54, 1.807) is 24.3 Å². The van der Waals surface area contributed by atoms with Gasteiger partial charge in [0.15, 0.2) is 11.5 Å². The summed E-state index contributed by atoms with van der Waals surface area (Å²) in [4.78, 5) is 27.3. The van der Waals surface area contributed by atoms with Gasteiger partial charge in [0, 0.05) is 33.0 Å². The highest BCUT2D eigenvalue weighted by atomic mass is 16.4. The van der Waals surface area contributed by atoms with E-state index in [1.807, 2.05) is 109 Å². The Kier molecular flexibility index (Phi) is 5.72. The molecule has 0 saturated heterocycles. The van der Waals surface area contributed by atoms with Gasteiger partial charge in [-0.15, -0.1) is 0 Å². The molecule has 190 valence electrons. The van der Waals surface area contributed by atoms with Crippen molar-refractivity contribution in [1.82, 2.24) is 0 Å². The van der Waals surface area contributed by atoms with Crippen molar-refractivity contribution in [3.63, 3.8) is 0 Å². The maximum atomic E-state index is 13.7. The Morgan fingerprint density at radius 1 is 0.425 bits per heavy atom. The lowest BCUT2D eigenvalue weighted by Crippen LogP contribution is -2.01. The van der Waals surface area contributed by atoms with Crippen molar-refractivity contribution >= 4 is 33.5 Å². The van der Waals surface area contributed by atoms with E-state index in [4.69, 9.17) is 8.83 Å². The highest BCUT2D eigenvalue weighted by molar-refractivity contribution is 6.20. The first-order valence-corrected chi connectivity index (χ1v) is 13.0. The maximum absolute atomic E-state index is 13.7. The van der Waals surface area contributed by atoms with Gasteiger partial charge >= 0.3 is 0 Å². The molecule has 0 saturated carbocycles. The molecule has 0 aliphatic heterocycles. The molecular formula is C36H22O4. The molecule has 2 heterocycles. The van der Waals surface area contributed by atoms with Crippen LogP contribution in [0.1, 0.15) is 32.2 Å². The Labute approximate surface area is 230 Å². The maximum Gasteiger partial charge on any atom is 0.228 e. The van der Waals surface area contributed by atoms with E-state index >= 15 is 0 Å². The summed E-state index contributed by atoms with van der Waals surface area (Å²) >= 11 is 0. The first-order chi connectivity index (χ1) is 19.7. The van der Waals surface area contributed by atoms with Crippen LogP contribution in [0.2, 0.25) is 0 Å². The SMILES string of the molecule is O=C(c1ccccc1)c1oc2cc3c(-c4ccccc4)c(C(=O)c4ccccc4)oc3cc2c1-c1ccccc1. The molecule has 7 rings (SSSR count). The molecular weight excluding hydrogens is 496 g/mol. The van der Waals surface area contributed by atoms with Crippen molar-refractivity contribution in [1.29, 1.82) is 0 Å². The molecule has 40 heavy (non-hydrogen) atoms. The molecule has 0 bridgehead atoms. The number of fused-ring (bicyclic) bond motifs is 2. The Morgan fingerprint density at radius 2 is 0.750 bits per heavy atom. The second-order valence-corrected chi connectivity index (χ2v) is 9.58. The summed E-state index contributed by atoms with van der Waals surface area (Å²) in [6.45, 7) is 0. The average Bonchev–Trinajstić information content (AvgIpc) is 3.59. The number of rotatable bonds is 6. The molecule has 0 unspecified atom stereocenters. The van der Waals surface area contributed by atoms with Crippen LogP contribution in [0.25, 0.3) is 44.2 Å². The van der Waals surface area contributed by atoms with Crippen molar-refractivity contribution in [2.75, 3.05) is 0 Å². The van der Waals surface area contributed by atoms with Crippen LogP contribution in [0, 0.1) is 0 Å². The van der Waals surface area contributed by atoms with Crippen LogP contribution < -0.4 is 0 Å². The minimum atomic E-state index is -0.199. The van der Waals surface area contributed by atoms with Crippen LogP contribution in [0.15, 0.2) is 142 Å². The molecule has 0 aliphatic rings. The van der Waals surface area contributed by atoms with Gasteiger partial charge in [-0.25, -0.2) is 0 Å². The van der Waals surface area contributed by atoms with E-state index in [9.17, 15) is 9.59 Å². The average molecular weight is 519 g/mol. The molecule has 4 nitrogen and oxygen atoms in total. The van der Waals surface area contributed by atoms with Gasteiger partial charge in [0.2, 0.25) is 11.6 Å². The van der Waals surface area contributed by atoms with Gasteiger partial charge in [-0.05, 0) is 23.3 Å². The molecule has 4 heteroatoms. The molecule has 0 atom stereocenters. The first kappa shape index (κ1) is 23.6. The van der Waals surface area contributed by atoms with Crippen LogP contribution in [-0.4, -0.2) is 11.6 Å². The Bertz CT molecular complexity index is 1850. The number of hydrogen-bond donors (Lipinski definition) is 0. The molecule has 7 aromatic rings. The summed E-state index contributed by atoms with van der Waals surface area (Å²) in [6, 6.07) is 41.4. The monoisotopic (exact) mass is 518 g/mol. The summed E-state index contributed by atoms with van der Waals surface area (Å²) in [5, 5.41) is 1.48. The van der Waals surface area contributed by atoms with Crippen molar-refractivity contribution in [2.24, 2.45) is 0 Å². The smallest absolute Gasteiger partial charge is 0.228 e. The predicted molar refractivity (Wildman–Crippen MR) is 157 cm³/mol. The van der Waals surface area contributed by atoms with Crippen molar-refractivity contribution in [2.45, 2.75) is 0 Å². The Balaban J connectivity index is 1.51. The number of ketones is 2. The number of hydrogen-bond acceptors (Lipinski definition) is 4. The molecule has 5 aromatic carbocycles. The lowest BCUT2D eigenvalue weighted by atomic mass is 9.95. The standard InChI is InChI=1S/C36H22O4/c37-33(25-17-9-3-10-18-25)35-31(23-13-5-1-6-14-23)27-21-30-28(22-29(27)39-35)32(24-15-7-2-8-16-24)36(40-30)34(38)26-19-11-4-12-20-26/h1-22H. The lowest BCUT2D eigenvalue weighted by Gasteiger charge is -2.03. The summed E-state index contributed by atoms with van der Waals surface area (Å²) in [5.74, 6) is 0.134. The number of carbonyl (C=O) groups is 2. The van der Waals surface area contributed by atoms with Crippen LogP contribution in [-0.2, 0) is 0 Å². The Morgan fingerprint density at radius 3 is 1.10 bits per heavy atom. The summed E-state index contributed by atoms with van der Waals surface area (Å²) in [6.07, 6.45) is 0. The fraction of sp³-hybridized carbons (Fsp3) is 0. The van der Waals surface area contributed by atoms with Crippen molar-refractivity contribution in [3.8, 4) is 22.3 Å². The van der Waals surface area contributed by atoms with Gasteiger partial charge in [-0.2, -0.15) is 0 Å². The minimum Gasteiger partial charge on any atom is -0.452 e. The molecule has 0 radical (unpaired) electrons. The highest BCUT2D eigenvalue weighted by Crippen LogP contribution is 2.43. The third kappa shape index (κ3) is 3.94. The molecule has 2 aromatic heterocycles. The van der Waals surface area contributed by atoms with E-state index in [0.29, 0.717) is 33.4 Å². The fourth-order valence-electron chi connectivity index (χ4n) is 5.23. The number of carbonyl (C=O) groups excluding carboxylic acids is 2. The van der Waals surface area contributed by atoms with Gasteiger partial charge in [0.25, 0.3) is 0 Å². The molecule has 0 fully saturated rings. The number of furan rings is 2. The Hall–Kier alpha value is -5.48. The minimum absolute atomic E-state index is 0.199. The molecule has 0 aliphatic carbocycles. The second kappa shape index (κ2) is 9.68. The van der Waals surface area contributed by atoms with E-state index in [1.165, 1.54) is 0 Å². The van der Waals surface area contributed by atoms with Crippen LogP contribution in [0.5, 0.6) is 0 Å². The first-order valence-electron chi connectivity index (χ1n) is 13.0. The predicted octanol–water partition coefficient (Wildman–Crippen LogP) is 8.97. The summed E-state index contributed by atoms with van der Waals surface area (Å²) in [5.41, 5.74) is 5.28. The van der Waals surface area contributed by atoms with Gasteiger partial charge in [-0.1, -0.05) is 121 Å². The van der Waals surface area contributed by atoms with Gasteiger partial charge in [0.1, 0.15) is 11.2 Å². The van der Waals surface area contributed by atoms with E-state index in [-0.39, 0.29) is 23.1 Å². The quantitative estimate of drug-likeness (QED) is 0.206. The molecule has 0 amide bonds.